The van der Waals surface area contributed by atoms with E-state index in [1.165, 1.54) is 0 Å². The molecule has 3 rings (SSSR count). The monoisotopic (exact) mass is 333 g/mol. The third kappa shape index (κ3) is 3.13. The summed E-state index contributed by atoms with van der Waals surface area (Å²) < 4.78 is 163. The lowest BCUT2D eigenvalue weighted by atomic mass is 9.68. The van der Waals surface area contributed by atoms with E-state index in [1.54, 1.807) is 0 Å². The minimum atomic E-state index is -4.08. The number of aryl methyl sites for hydroxylation is 1. The quantitative estimate of drug-likeness (QED) is 0.712. The fraction of sp³-hybridized carbons (Fsp3) is 0.619. The molecule has 1 aliphatic heterocycles. The van der Waals surface area contributed by atoms with E-state index in [0.717, 1.165) is 20.8 Å². The lowest BCUT2D eigenvalue weighted by Crippen LogP contribution is -2.45. The van der Waals surface area contributed by atoms with Gasteiger partial charge >= 0.3 is 0 Å². The van der Waals surface area contributed by atoms with Crippen LogP contribution in [0.4, 0.5) is 0 Å². The third-order valence-corrected chi connectivity index (χ3v) is 3.49. The lowest BCUT2D eigenvalue weighted by Gasteiger charge is -2.46. The molecule has 0 saturated heterocycles. The minimum absolute atomic E-state index is 0.579. The van der Waals surface area contributed by atoms with Gasteiger partial charge in [0.1, 0.15) is 17.1 Å². The van der Waals surface area contributed by atoms with E-state index in [0.29, 0.717) is 6.07 Å². The first-order valence-electron chi connectivity index (χ1n) is 16.5. The molecule has 2 heteroatoms. The van der Waals surface area contributed by atoms with E-state index < -0.39 is 103 Å². The molecule has 1 aromatic rings. The van der Waals surface area contributed by atoms with E-state index >= 15 is 0 Å². The standard InChI is InChI=1S/C21H30O2/c1-5-6-7-8-15-12-18(22)20-16-11-14(2)9-10-17(16)21(3,4)23-19(20)13-15/h11-13,16-17,22H,5-10H2,1-4H3/t16-,17-/m1/s1/i1D3,5D2,6D2,7D2,8D2,9D2,10D2,11D,12D,16D,17D. The number of benzene rings is 1. The Hall–Kier alpha value is -1.44. The van der Waals surface area contributed by atoms with Gasteiger partial charge in [0, 0.05) is 40.7 Å². The van der Waals surface area contributed by atoms with E-state index in [-0.39, 0.29) is 0 Å². The number of allylic oxidation sites excluding steroid dienone is 2. The summed E-state index contributed by atoms with van der Waals surface area (Å²) in [7, 11) is 0. The first-order chi connectivity index (χ1) is 18.2. The number of rotatable bonds is 4. The first-order valence-corrected chi connectivity index (χ1v) is 6.96. The maximum atomic E-state index is 11.2. The number of fused-ring (bicyclic) bond motifs is 3. The highest BCUT2D eigenvalue weighted by molar-refractivity contribution is 5.53. The van der Waals surface area contributed by atoms with Crippen LogP contribution in [0, 0.1) is 5.89 Å². The predicted octanol–water partition coefficient (Wildman–Crippen LogP) is 5.74. The Kier molecular flexibility index (Phi) is 1.36. The Morgan fingerprint density at radius 3 is 3.17 bits per heavy atom. The van der Waals surface area contributed by atoms with Crippen molar-refractivity contribution in [2.75, 3.05) is 0 Å². The molecule has 23 heavy (non-hydrogen) atoms. The average molecular weight is 334 g/mol. The molecule has 2 aliphatic rings. The van der Waals surface area contributed by atoms with Crippen molar-refractivity contribution in [2.24, 2.45) is 5.89 Å². The van der Waals surface area contributed by atoms with Gasteiger partial charge in [0.15, 0.2) is 0 Å². The van der Waals surface area contributed by atoms with Crippen LogP contribution in [0.15, 0.2) is 23.7 Å². The van der Waals surface area contributed by atoms with Crippen molar-refractivity contribution in [1.82, 2.24) is 0 Å². The molecule has 0 unspecified atom stereocenters. The second-order valence-corrected chi connectivity index (χ2v) is 5.63. The van der Waals surface area contributed by atoms with Crippen molar-refractivity contribution in [1.29, 1.82) is 0 Å². The SMILES string of the molecule is [2H]C1=C(C)C([2H])([2H])C([2H])([2H])[C@@]2([2H])C(C)(C)Oc3cc(C([2H])([2H])C([2H])([2H])C([2H])([2H])C([2H])([2H])C([2H])([2H])[2H])c([2H])c(O)c3[C@]12[2H]. The van der Waals surface area contributed by atoms with Crippen molar-refractivity contribution in [3.8, 4) is 11.5 Å². The molecule has 0 fully saturated rings. The number of hydrogen-bond acceptors (Lipinski definition) is 2. The summed E-state index contributed by atoms with van der Waals surface area (Å²) in [5.41, 5.74) is -4.87. The lowest BCUT2D eigenvalue weighted by molar-refractivity contribution is 0.0107. The second-order valence-electron chi connectivity index (χ2n) is 5.63. The fourth-order valence-electron chi connectivity index (χ4n) is 2.53. The predicted molar refractivity (Wildman–Crippen MR) is 95.3 cm³/mol. The van der Waals surface area contributed by atoms with Crippen LogP contribution in [0.25, 0.3) is 0 Å². The summed E-state index contributed by atoms with van der Waals surface area (Å²) in [4.78, 5) is 0. The van der Waals surface area contributed by atoms with Crippen LogP contribution in [-0.4, -0.2) is 10.7 Å². The van der Waals surface area contributed by atoms with Gasteiger partial charge in [0.2, 0.25) is 0 Å². The summed E-state index contributed by atoms with van der Waals surface area (Å²) in [6, 6.07) is -1.68. The largest absolute Gasteiger partial charge is 0.507 e. The van der Waals surface area contributed by atoms with E-state index in [2.05, 4.69) is 0 Å². The van der Waals surface area contributed by atoms with Crippen molar-refractivity contribution < 1.29 is 35.9 Å². The number of phenolic OH excluding ortho intramolecular Hbond substituents is 1. The molecular weight excluding hydrogens is 284 g/mol. The number of aromatic hydroxyl groups is 1. The highest BCUT2D eigenvalue weighted by Crippen LogP contribution is 2.53. The number of ether oxygens (including phenoxy) is 1. The summed E-state index contributed by atoms with van der Waals surface area (Å²) in [6.07, 6.45) is -22.1. The fourth-order valence-corrected chi connectivity index (χ4v) is 2.53. The first kappa shape index (κ1) is 5.03. The zero-order chi connectivity index (χ0) is 33.5. The zero-order valence-electron chi connectivity index (χ0n) is 31.9. The molecule has 0 amide bonds. The molecule has 2 nitrogen and oxygen atoms in total. The van der Waals surface area contributed by atoms with Crippen LogP contribution in [0.5, 0.6) is 11.5 Å². The Morgan fingerprint density at radius 1 is 1.57 bits per heavy atom. The molecule has 1 N–H and O–H groups in total. The Labute approximate surface area is 167 Å². The highest BCUT2D eigenvalue weighted by Gasteiger charge is 2.45. The molecule has 1 aliphatic carbocycles. The summed E-state index contributed by atoms with van der Waals surface area (Å²) in [6.45, 7) is -0.545. The van der Waals surface area contributed by atoms with Crippen LogP contribution in [-0.2, 0) is 6.37 Å². The van der Waals surface area contributed by atoms with Crippen molar-refractivity contribution in [3.05, 3.63) is 34.9 Å². The van der Waals surface area contributed by atoms with Gasteiger partial charge < -0.3 is 9.84 Å². The topological polar surface area (TPSA) is 29.5 Å². The highest BCUT2D eigenvalue weighted by atomic mass is 16.5. The molecule has 0 bridgehead atoms. The van der Waals surface area contributed by atoms with Crippen LogP contribution < -0.4 is 4.74 Å². The summed E-state index contributed by atoms with van der Waals surface area (Å²) in [5.74, 6) is -8.12. The molecule has 0 saturated carbocycles. The van der Waals surface area contributed by atoms with Gasteiger partial charge in [-0.15, -0.1) is 0 Å². The second kappa shape index (κ2) is 6.22. The Bertz CT molecular complexity index is 1360. The van der Waals surface area contributed by atoms with Gasteiger partial charge in [-0.25, -0.2) is 0 Å². The Balaban J connectivity index is 2.46. The van der Waals surface area contributed by atoms with Gasteiger partial charge in [0.25, 0.3) is 0 Å². The molecule has 126 valence electrons. The molecule has 1 aromatic carbocycles. The van der Waals surface area contributed by atoms with Crippen LogP contribution in [0.3, 0.4) is 0 Å². The van der Waals surface area contributed by atoms with Crippen molar-refractivity contribution in [3.63, 3.8) is 0 Å². The molecule has 0 spiro atoms. The number of hydrogen-bond donors (Lipinski definition) is 1. The summed E-state index contributed by atoms with van der Waals surface area (Å²) in [5, 5.41) is 11.2. The molecule has 0 aromatic heterocycles. The number of phenols is 1. The van der Waals surface area contributed by atoms with Gasteiger partial charge in [-0.05, 0) is 63.9 Å². The van der Waals surface area contributed by atoms with Crippen molar-refractivity contribution in [2.45, 2.75) is 77.4 Å². The minimum Gasteiger partial charge on any atom is -0.507 e. The molecule has 2 atom stereocenters. The van der Waals surface area contributed by atoms with Gasteiger partial charge in [-0.2, -0.15) is 0 Å². The van der Waals surface area contributed by atoms with Gasteiger partial charge in [-0.1, -0.05) is 31.2 Å². The molecular formula is C21H30O2. The summed E-state index contributed by atoms with van der Waals surface area (Å²) >= 11 is 0. The smallest absolute Gasteiger partial charge is 0.127 e. The van der Waals surface area contributed by atoms with E-state index in [4.69, 9.17) is 28.0 Å². The van der Waals surface area contributed by atoms with E-state index in [1.807, 2.05) is 0 Å². The molecule has 1 heterocycles. The molecule has 0 radical (unpaired) electrons. The van der Waals surface area contributed by atoms with Crippen LogP contribution in [0.2, 0.25) is 0 Å². The van der Waals surface area contributed by atoms with Crippen molar-refractivity contribution >= 4 is 0 Å². The maximum absolute atomic E-state index is 11.2. The Morgan fingerprint density at radius 2 is 2.39 bits per heavy atom. The normalized spacial score (nSPS) is 51.5. The van der Waals surface area contributed by atoms with Crippen LogP contribution in [0.1, 0.15) is 103 Å². The van der Waals surface area contributed by atoms with Gasteiger partial charge in [-0.3, -0.25) is 0 Å². The average Bonchev–Trinajstić information content (AvgIpc) is 2.81. The van der Waals surface area contributed by atoms with Gasteiger partial charge in [0.05, 0.1) is 2.74 Å². The van der Waals surface area contributed by atoms with E-state index in [9.17, 15) is 7.85 Å². The maximum Gasteiger partial charge on any atom is 0.127 e. The van der Waals surface area contributed by atoms with Crippen LogP contribution >= 0.6 is 0 Å². The third-order valence-electron chi connectivity index (χ3n) is 3.49. The zero-order valence-corrected chi connectivity index (χ0v) is 12.9.